The van der Waals surface area contributed by atoms with Crippen LogP contribution in [0, 0.1) is 5.92 Å². The van der Waals surface area contributed by atoms with E-state index in [2.05, 4.69) is 36.0 Å². The van der Waals surface area contributed by atoms with Gasteiger partial charge in [0.25, 0.3) is 0 Å². The fourth-order valence-corrected chi connectivity index (χ4v) is 2.73. The molecule has 19 heavy (non-hydrogen) atoms. The fraction of sp³-hybridized carbons (Fsp3) is 0.714. The first kappa shape index (κ1) is 16.0. The van der Waals surface area contributed by atoms with Crippen molar-refractivity contribution in [2.75, 3.05) is 18.0 Å². The van der Waals surface area contributed by atoms with E-state index in [1.54, 1.807) is 18.3 Å². The summed E-state index contributed by atoms with van der Waals surface area (Å²) in [7, 11) is 0. The summed E-state index contributed by atoms with van der Waals surface area (Å²) in [6.07, 6.45) is 2.16. The van der Waals surface area contributed by atoms with Crippen LogP contribution in [-0.4, -0.2) is 29.1 Å². The Bertz CT molecular complexity index is 404. The largest absolute Gasteiger partial charge is 0.481 e. The van der Waals surface area contributed by atoms with Gasteiger partial charge in [-0.05, 0) is 12.3 Å². The molecule has 1 atom stereocenters. The quantitative estimate of drug-likeness (QED) is 0.792. The predicted molar refractivity (Wildman–Crippen MR) is 80.1 cm³/mol. The molecule has 0 aliphatic heterocycles. The lowest BCUT2D eigenvalue weighted by molar-refractivity contribution is -0.140. The molecule has 0 bridgehead atoms. The van der Waals surface area contributed by atoms with Crippen LogP contribution in [-0.2, 0) is 4.79 Å². The van der Waals surface area contributed by atoms with E-state index in [4.69, 9.17) is 5.11 Å². The molecule has 5 heteroatoms. The van der Waals surface area contributed by atoms with Gasteiger partial charge in [-0.25, -0.2) is 4.98 Å². The maximum Gasteiger partial charge on any atom is 0.308 e. The highest BCUT2D eigenvalue weighted by Gasteiger charge is 2.19. The Kier molecular flexibility index (Phi) is 6.28. The number of thiazole rings is 1. The van der Waals surface area contributed by atoms with E-state index in [1.807, 2.05) is 0 Å². The Hall–Kier alpha value is -1.10. The topological polar surface area (TPSA) is 53.4 Å². The third kappa shape index (κ3) is 4.82. The van der Waals surface area contributed by atoms with E-state index in [1.165, 1.54) is 0 Å². The van der Waals surface area contributed by atoms with Crippen molar-refractivity contribution in [3.63, 3.8) is 0 Å². The van der Waals surface area contributed by atoms with Crippen molar-refractivity contribution in [2.45, 2.75) is 46.5 Å². The molecule has 0 saturated carbocycles. The summed E-state index contributed by atoms with van der Waals surface area (Å²) >= 11 is 1.61. The molecule has 0 spiro atoms. The zero-order chi connectivity index (χ0) is 14.4. The van der Waals surface area contributed by atoms with Crippen molar-refractivity contribution in [3.05, 3.63) is 11.1 Å². The lowest BCUT2D eigenvalue weighted by Crippen LogP contribution is -2.32. The minimum atomic E-state index is -0.748. The monoisotopic (exact) mass is 284 g/mol. The molecule has 1 aromatic heterocycles. The molecule has 1 rings (SSSR count). The standard InChI is InChI=1S/C14H24N2O2S/c1-5-6-7-16(8-11(4)13(17)18)14-15-12(9-19-14)10(2)3/h9-11H,5-8H2,1-4H3,(H,17,18). The molecule has 0 amide bonds. The Balaban J connectivity index is 2.79. The van der Waals surface area contributed by atoms with Crippen molar-refractivity contribution >= 4 is 22.4 Å². The van der Waals surface area contributed by atoms with Gasteiger partial charge in [-0.2, -0.15) is 0 Å². The van der Waals surface area contributed by atoms with Gasteiger partial charge in [0.05, 0.1) is 11.6 Å². The Labute approximate surface area is 119 Å². The number of carboxylic acids is 1. The maximum absolute atomic E-state index is 11.0. The van der Waals surface area contributed by atoms with Crippen LogP contribution in [0.4, 0.5) is 5.13 Å². The summed E-state index contributed by atoms with van der Waals surface area (Å²) in [5.74, 6) is -0.708. The van der Waals surface area contributed by atoms with Crippen LogP contribution in [0.25, 0.3) is 0 Å². The molecule has 1 N–H and O–H groups in total. The lowest BCUT2D eigenvalue weighted by atomic mass is 10.1. The first-order valence-electron chi connectivity index (χ1n) is 6.88. The molecular weight excluding hydrogens is 260 g/mol. The third-order valence-electron chi connectivity index (χ3n) is 3.07. The molecule has 108 valence electrons. The van der Waals surface area contributed by atoms with E-state index in [0.717, 1.165) is 30.2 Å². The molecule has 0 radical (unpaired) electrons. The van der Waals surface area contributed by atoms with Crippen LogP contribution >= 0.6 is 11.3 Å². The van der Waals surface area contributed by atoms with Gasteiger partial charge in [0, 0.05) is 18.5 Å². The first-order chi connectivity index (χ1) is 8.95. The number of aliphatic carboxylic acids is 1. The minimum absolute atomic E-state index is 0.372. The second kappa shape index (κ2) is 7.48. The zero-order valence-corrected chi connectivity index (χ0v) is 13.0. The summed E-state index contributed by atoms with van der Waals surface area (Å²) in [5, 5.41) is 12.1. The van der Waals surface area contributed by atoms with E-state index < -0.39 is 5.97 Å². The average Bonchev–Trinajstić information content (AvgIpc) is 2.83. The van der Waals surface area contributed by atoms with E-state index >= 15 is 0 Å². The van der Waals surface area contributed by atoms with Gasteiger partial charge < -0.3 is 10.0 Å². The van der Waals surface area contributed by atoms with Gasteiger partial charge in [0.15, 0.2) is 5.13 Å². The van der Waals surface area contributed by atoms with Gasteiger partial charge >= 0.3 is 5.97 Å². The molecule has 0 saturated heterocycles. The van der Waals surface area contributed by atoms with Crippen LogP contribution < -0.4 is 4.90 Å². The molecule has 1 unspecified atom stereocenters. The van der Waals surface area contributed by atoms with Crippen molar-refractivity contribution in [2.24, 2.45) is 5.92 Å². The van der Waals surface area contributed by atoms with Crippen LogP contribution in [0.1, 0.15) is 52.1 Å². The summed E-state index contributed by atoms with van der Waals surface area (Å²) in [5.41, 5.74) is 1.09. The van der Waals surface area contributed by atoms with Crippen LogP contribution in [0.3, 0.4) is 0 Å². The van der Waals surface area contributed by atoms with Crippen molar-refractivity contribution in [1.29, 1.82) is 0 Å². The van der Waals surface area contributed by atoms with E-state index in [-0.39, 0.29) is 5.92 Å². The highest BCUT2D eigenvalue weighted by Crippen LogP contribution is 2.25. The molecule has 0 aliphatic rings. The summed E-state index contributed by atoms with van der Waals surface area (Å²) in [6, 6.07) is 0. The Morgan fingerprint density at radius 1 is 1.47 bits per heavy atom. The molecule has 1 aromatic rings. The van der Waals surface area contributed by atoms with Crippen molar-refractivity contribution < 1.29 is 9.90 Å². The van der Waals surface area contributed by atoms with Gasteiger partial charge in [-0.3, -0.25) is 4.79 Å². The number of aromatic nitrogens is 1. The minimum Gasteiger partial charge on any atom is -0.481 e. The predicted octanol–water partition coefficient (Wildman–Crippen LogP) is 3.59. The summed E-state index contributed by atoms with van der Waals surface area (Å²) < 4.78 is 0. The molecule has 1 heterocycles. The molecule has 4 nitrogen and oxygen atoms in total. The molecule has 0 aromatic carbocycles. The second-order valence-electron chi connectivity index (χ2n) is 5.25. The number of nitrogens with zero attached hydrogens (tertiary/aromatic N) is 2. The van der Waals surface area contributed by atoms with Gasteiger partial charge in [-0.1, -0.05) is 34.1 Å². The molecular formula is C14H24N2O2S. The number of carbonyl (C=O) groups is 1. The van der Waals surface area contributed by atoms with E-state index in [9.17, 15) is 4.79 Å². The lowest BCUT2D eigenvalue weighted by Gasteiger charge is -2.23. The number of unbranched alkanes of at least 4 members (excludes halogenated alkanes) is 1. The number of hydrogen-bond donors (Lipinski definition) is 1. The van der Waals surface area contributed by atoms with Gasteiger partial charge in [0.2, 0.25) is 0 Å². The average molecular weight is 284 g/mol. The fourth-order valence-electron chi connectivity index (χ4n) is 1.71. The highest BCUT2D eigenvalue weighted by atomic mass is 32.1. The highest BCUT2D eigenvalue weighted by molar-refractivity contribution is 7.13. The number of carboxylic acid groups (broad SMARTS) is 1. The Morgan fingerprint density at radius 3 is 2.63 bits per heavy atom. The summed E-state index contributed by atoms with van der Waals surface area (Å²) in [6.45, 7) is 9.53. The first-order valence-corrected chi connectivity index (χ1v) is 7.76. The zero-order valence-electron chi connectivity index (χ0n) is 12.2. The van der Waals surface area contributed by atoms with Crippen molar-refractivity contribution in [1.82, 2.24) is 4.98 Å². The van der Waals surface area contributed by atoms with Crippen LogP contribution in [0.5, 0.6) is 0 Å². The van der Waals surface area contributed by atoms with E-state index in [0.29, 0.717) is 12.5 Å². The smallest absolute Gasteiger partial charge is 0.308 e. The molecule has 0 fully saturated rings. The summed E-state index contributed by atoms with van der Waals surface area (Å²) in [4.78, 5) is 17.7. The number of hydrogen-bond acceptors (Lipinski definition) is 4. The van der Waals surface area contributed by atoms with Crippen LogP contribution in [0.2, 0.25) is 0 Å². The molecule has 0 aliphatic carbocycles. The van der Waals surface area contributed by atoms with Crippen LogP contribution in [0.15, 0.2) is 5.38 Å². The third-order valence-corrected chi connectivity index (χ3v) is 3.99. The van der Waals surface area contributed by atoms with Crippen molar-refractivity contribution in [3.8, 4) is 0 Å². The second-order valence-corrected chi connectivity index (χ2v) is 6.09. The number of rotatable bonds is 8. The van der Waals surface area contributed by atoms with Gasteiger partial charge in [-0.15, -0.1) is 11.3 Å². The van der Waals surface area contributed by atoms with Gasteiger partial charge in [0.1, 0.15) is 0 Å². The normalized spacial score (nSPS) is 12.7. The number of anilines is 1. The SMILES string of the molecule is CCCCN(CC(C)C(=O)O)c1nc(C(C)C)cs1. The Morgan fingerprint density at radius 2 is 2.16 bits per heavy atom. The maximum atomic E-state index is 11.0.